The number of aliphatic hydroxyl groups excluding tert-OH is 1. The number of amides is 1. The summed E-state index contributed by atoms with van der Waals surface area (Å²) in [5.74, 6) is -0.765. The zero-order valence-electron chi connectivity index (χ0n) is 10.7. The number of rotatable bonds is 5. The van der Waals surface area contributed by atoms with Gasteiger partial charge in [-0.1, -0.05) is 13.8 Å². The van der Waals surface area contributed by atoms with Crippen LogP contribution in [-0.4, -0.2) is 24.2 Å². The Morgan fingerprint density at radius 1 is 1.50 bits per heavy atom. The van der Waals surface area contributed by atoms with Crippen molar-refractivity contribution >= 4 is 11.6 Å². The van der Waals surface area contributed by atoms with Crippen molar-refractivity contribution in [1.29, 1.82) is 0 Å². The molecule has 0 aromatic heterocycles. The van der Waals surface area contributed by atoms with E-state index in [2.05, 4.69) is 5.32 Å². The van der Waals surface area contributed by atoms with E-state index in [1.165, 1.54) is 19.2 Å². The van der Waals surface area contributed by atoms with Gasteiger partial charge in [-0.3, -0.25) is 4.79 Å². The molecule has 0 saturated carbocycles. The number of methoxy groups -OCH3 is 1. The molecule has 1 unspecified atom stereocenters. The molecule has 1 amide bonds. The highest BCUT2D eigenvalue weighted by Gasteiger charge is 2.14. The zero-order valence-corrected chi connectivity index (χ0v) is 10.7. The average molecular weight is 255 g/mol. The molecule has 0 aliphatic carbocycles. The lowest BCUT2D eigenvalue weighted by atomic mass is 10.0. The van der Waals surface area contributed by atoms with Crippen molar-refractivity contribution in [3.8, 4) is 5.75 Å². The van der Waals surface area contributed by atoms with Crippen LogP contribution in [0, 0.1) is 11.7 Å². The molecule has 0 radical (unpaired) electrons. The maximum absolute atomic E-state index is 13.4. The molecular weight excluding hydrogens is 237 g/mol. The Morgan fingerprint density at radius 2 is 2.17 bits per heavy atom. The number of carbonyl (C=O) groups is 1. The topological polar surface area (TPSA) is 58.6 Å². The van der Waals surface area contributed by atoms with Gasteiger partial charge in [0.25, 0.3) is 0 Å². The normalized spacial score (nSPS) is 12.3. The van der Waals surface area contributed by atoms with Gasteiger partial charge in [-0.05, 0) is 18.1 Å². The molecule has 0 fully saturated rings. The molecule has 0 aliphatic rings. The summed E-state index contributed by atoms with van der Waals surface area (Å²) >= 11 is 0. The molecule has 0 aliphatic heterocycles. The Balaban J connectivity index is 2.62. The SMILES string of the molecule is COc1ccc(NC(=O)CC(O)C(C)C)cc1F. The number of halogens is 1. The quantitative estimate of drug-likeness (QED) is 0.847. The van der Waals surface area contributed by atoms with Gasteiger partial charge >= 0.3 is 0 Å². The lowest BCUT2D eigenvalue weighted by Gasteiger charge is -2.14. The lowest BCUT2D eigenvalue weighted by Crippen LogP contribution is -2.23. The fourth-order valence-electron chi connectivity index (χ4n) is 1.38. The van der Waals surface area contributed by atoms with E-state index in [4.69, 9.17) is 4.74 Å². The predicted octanol–water partition coefficient (Wildman–Crippen LogP) is 2.18. The molecule has 2 N–H and O–H groups in total. The van der Waals surface area contributed by atoms with Crippen LogP contribution in [0.25, 0.3) is 0 Å². The third-order valence-corrected chi connectivity index (χ3v) is 2.60. The van der Waals surface area contributed by atoms with Crippen molar-refractivity contribution in [1.82, 2.24) is 0 Å². The van der Waals surface area contributed by atoms with Gasteiger partial charge in [-0.15, -0.1) is 0 Å². The highest BCUT2D eigenvalue weighted by molar-refractivity contribution is 5.91. The number of hydrogen-bond acceptors (Lipinski definition) is 3. The number of aliphatic hydroxyl groups is 1. The first-order valence-corrected chi connectivity index (χ1v) is 5.75. The maximum Gasteiger partial charge on any atom is 0.226 e. The molecule has 1 aromatic carbocycles. The van der Waals surface area contributed by atoms with Crippen LogP contribution in [0.2, 0.25) is 0 Å². The van der Waals surface area contributed by atoms with E-state index >= 15 is 0 Å². The van der Waals surface area contributed by atoms with E-state index in [0.29, 0.717) is 5.69 Å². The van der Waals surface area contributed by atoms with Gasteiger partial charge in [-0.2, -0.15) is 0 Å². The van der Waals surface area contributed by atoms with Crippen molar-refractivity contribution < 1.29 is 19.0 Å². The Morgan fingerprint density at radius 3 is 2.67 bits per heavy atom. The van der Waals surface area contributed by atoms with Gasteiger partial charge in [0.05, 0.1) is 19.6 Å². The number of hydrogen-bond donors (Lipinski definition) is 2. The molecule has 1 rings (SSSR count). The van der Waals surface area contributed by atoms with Crippen LogP contribution in [0.5, 0.6) is 5.75 Å². The molecular formula is C13H18FNO3. The zero-order chi connectivity index (χ0) is 13.7. The lowest BCUT2D eigenvalue weighted by molar-refractivity contribution is -0.118. The minimum atomic E-state index is -0.701. The number of carbonyl (C=O) groups excluding carboxylic acids is 1. The summed E-state index contributed by atoms with van der Waals surface area (Å²) in [6.45, 7) is 3.65. The first-order valence-electron chi connectivity index (χ1n) is 5.75. The molecule has 18 heavy (non-hydrogen) atoms. The number of benzene rings is 1. The first-order chi connectivity index (χ1) is 8.43. The second kappa shape index (κ2) is 6.35. The van der Waals surface area contributed by atoms with Crippen LogP contribution in [0.3, 0.4) is 0 Å². The second-order valence-corrected chi connectivity index (χ2v) is 4.41. The number of anilines is 1. The fourth-order valence-corrected chi connectivity index (χ4v) is 1.38. The average Bonchev–Trinajstić information content (AvgIpc) is 2.28. The van der Waals surface area contributed by atoms with Crippen molar-refractivity contribution in [2.24, 2.45) is 5.92 Å². The molecule has 5 heteroatoms. The Hall–Kier alpha value is -1.62. The van der Waals surface area contributed by atoms with Crippen molar-refractivity contribution in [3.63, 3.8) is 0 Å². The highest BCUT2D eigenvalue weighted by atomic mass is 19.1. The smallest absolute Gasteiger partial charge is 0.226 e. The third kappa shape index (κ3) is 4.00. The van der Waals surface area contributed by atoms with E-state index in [9.17, 15) is 14.3 Å². The Kier molecular flexibility index (Phi) is 5.09. The van der Waals surface area contributed by atoms with Crippen LogP contribution < -0.4 is 10.1 Å². The molecule has 0 saturated heterocycles. The predicted molar refractivity (Wildman–Crippen MR) is 67.0 cm³/mol. The summed E-state index contributed by atoms with van der Waals surface area (Å²) in [6, 6.07) is 4.16. The molecule has 0 heterocycles. The van der Waals surface area contributed by atoms with E-state index in [0.717, 1.165) is 0 Å². The Labute approximate surface area is 106 Å². The first kappa shape index (κ1) is 14.4. The third-order valence-electron chi connectivity index (χ3n) is 2.60. The van der Waals surface area contributed by atoms with Gasteiger partial charge in [0.15, 0.2) is 11.6 Å². The van der Waals surface area contributed by atoms with E-state index in [1.807, 2.05) is 13.8 Å². The minimum absolute atomic E-state index is 0.00311. The van der Waals surface area contributed by atoms with Crippen LogP contribution in [0.15, 0.2) is 18.2 Å². The summed E-state index contributed by atoms with van der Waals surface area (Å²) < 4.78 is 18.1. The number of ether oxygens (including phenoxy) is 1. The molecule has 1 aromatic rings. The largest absolute Gasteiger partial charge is 0.494 e. The van der Waals surface area contributed by atoms with Crippen LogP contribution in [-0.2, 0) is 4.79 Å². The van der Waals surface area contributed by atoms with Crippen LogP contribution >= 0.6 is 0 Å². The highest BCUT2D eigenvalue weighted by Crippen LogP contribution is 2.20. The second-order valence-electron chi connectivity index (χ2n) is 4.41. The van der Waals surface area contributed by atoms with Crippen LogP contribution in [0.4, 0.5) is 10.1 Å². The summed E-state index contributed by atoms with van der Waals surface area (Å²) in [6.07, 6.45) is -0.709. The van der Waals surface area contributed by atoms with Gasteiger partial charge in [0.1, 0.15) is 0 Å². The minimum Gasteiger partial charge on any atom is -0.494 e. The summed E-state index contributed by atoms with van der Waals surface area (Å²) in [4.78, 5) is 11.6. The summed E-state index contributed by atoms with van der Waals surface area (Å²) in [5, 5.41) is 12.1. The van der Waals surface area contributed by atoms with Gasteiger partial charge < -0.3 is 15.2 Å². The van der Waals surface area contributed by atoms with Gasteiger partial charge in [0, 0.05) is 11.8 Å². The standard InChI is InChI=1S/C13H18FNO3/c1-8(2)11(16)7-13(17)15-9-4-5-12(18-3)10(14)6-9/h4-6,8,11,16H,7H2,1-3H3,(H,15,17). The molecule has 0 bridgehead atoms. The van der Waals surface area contributed by atoms with Crippen molar-refractivity contribution in [3.05, 3.63) is 24.0 Å². The maximum atomic E-state index is 13.4. The van der Waals surface area contributed by atoms with Crippen molar-refractivity contribution in [2.75, 3.05) is 12.4 Å². The van der Waals surface area contributed by atoms with Gasteiger partial charge in [0.2, 0.25) is 5.91 Å². The summed E-state index contributed by atoms with van der Waals surface area (Å²) in [7, 11) is 1.37. The van der Waals surface area contributed by atoms with Crippen molar-refractivity contribution in [2.45, 2.75) is 26.4 Å². The van der Waals surface area contributed by atoms with Gasteiger partial charge in [-0.25, -0.2) is 4.39 Å². The molecule has 100 valence electrons. The molecule has 4 nitrogen and oxygen atoms in total. The van der Waals surface area contributed by atoms with E-state index in [1.54, 1.807) is 6.07 Å². The Bertz CT molecular complexity index is 421. The molecule has 1 atom stereocenters. The summed E-state index contributed by atoms with van der Waals surface area (Å²) in [5.41, 5.74) is 0.342. The van der Waals surface area contributed by atoms with E-state index in [-0.39, 0.29) is 24.0 Å². The van der Waals surface area contributed by atoms with Crippen LogP contribution in [0.1, 0.15) is 20.3 Å². The fraction of sp³-hybridized carbons (Fsp3) is 0.462. The monoisotopic (exact) mass is 255 g/mol. The molecule has 0 spiro atoms. The number of nitrogens with one attached hydrogen (secondary N) is 1. The van der Waals surface area contributed by atoms with E-state index < -0.39 is 11.9 Å².